The van der Waals surface area contributed by atoms with Gasteiger partial charge in [0, 0.05) is 11.1 Å². The molecule has 122 valence electrons. The molecule has 0 aliphatic carbocycles. The van der Waals surface area contributed by atoms with Crippen LogP contribution in [0.25, 0.3) is 0 Å². The monoisotopic (exact) mass is 313 g/mol. The number of rotatable bonds is 6. The van der Waals surface area contributed by atoms with E-state index < -0.39 is 0 Å². The van der Waals surface area contributed by atoms with Gasteiger partial charge in [0.1, 0.15) is 11.5 Å². The summed E-state index contributed by atoms with van der Waals surface area (Å²) in [5.41, 5.74) is 2.83. The van der Waals surface area contributed by atoms with Gasteiger partial charge >= 0.3 is 0 Å². The molecule has 0 aliphatic rings. The maximum absolute atomic E-state index is 12.3. The highest BCUT2D eigenvalue weighted by Crippen LogP contribution is 2.31. The number of benzene rings is 2. The second kappa shape index (κ2) is 7.68. The Morgan fingerprint density at radius 3 is 2.39 bits per heavy atom. The van der Waals surface area contributed by atoms with Crippen molar-refractivity contribution in [2.45, 2.75) is 26.3 Å². The summed E-state index contributed by atoms with van der Waals surface area (Å²) in [7, 11) is 3.23. The van der Waals surface area contributed by atoms with Crippen LogP contribution in [-0.2, 0) is 11.2 Å². The molecular formula is C19H23NO3. The normalized spacial score (nSPS) is 11.7. The Hall–Kier alpha value is -2.49. The fourth-order valence-corrected chi connectivity index (χ4v) is 2.66. The summed E-state index contributed by atoms with van der Waals surface area (Å²) in [5.74, 6) is 1.42. The molecule has 0 aliphatic heterocycles. The van der Waals surface area contributed by atoms with E-state index >= 15 is 0 Å². The van der Waals surface area contributed by atoms with Crippen LogP contribution in [0.3, 0.4) is 0 Å². The van der Waals surface area contributed by atoms with Crippen LogP contribution >= 0.6 is 0 Å². The van der Waals surface area contributed by atoms with E-state index in [1.165, 1.54) is 0 Å². The predicted octanol–water partition coefficient (Wildman–Crippen LogP) is 3.43. The molecule has 4 nitrogen and oxygen atoms in total. The standard InChI is InChI=1S/C19H23NO3/c1-13-17(22-3)11-10-16(19(13)23-4)12-18(21)20-14(2)15-8-6-5-7-9-15/h5-11,14H,12H2,1-4H3,(H,20,21). The lowest BCUT2D eigenvalue weighted by Gasteiger charge is -2.17. The molecule has 2 rings (SSSR count). The maximum Gasteiger partial charge on any atom is 0.225 e. The van der Waals surface area contributed by atoms with E-state index in [1.807, 2.05) is 56.3 Å². The van der Waals surface area contributed by atoms with Gasteiger partial charge in [-0.2, -0.15) is 0 Å². The minimum atomic E-state index is -0.0378. The number of methoxy groups -OCH3 is 2. The van der Waals surface area contributed by atoms with Crippen LogP contribution in [0.1, 0.15) is 29.7 Å². The van der Waals surface area contributed by atoms with Gasteiger partial charge in [-0.3, -0.25) is 4.79 Å². The van der Waals surface area contributed by atoms with Gasteiger partial charge in [0.05, 0.1) is 26.7 Å². The molecule has 0 saturated carbocycles. The van der Waals surface area contributed by atoms with Gasteiger partial charge in [-0.05, 0) is 25.5 Å². The van der Waals surface area contributed by atoms with Gasteiger partial charge in [-0.15, -0.1) is 0 Å². The Balaban J connectivity index is 2.10. The molecule has 1 unspecified atom stereocenters. The van der Waals surface area contributed by atoms with Crippen LogP contribution in [0.5, 0.6) is 11.5 Å². The Morgan fingerprint density at radius 2 is 1.78 bits per heavy atom. The molecule has 1 amide bonds. The average Bonchev–Trinajstić information content (AvgIpc) is 2.56. The van der Waals surface area contributed by atoms with Crippen molar-refractivity contribution in [2.75, 3.05) is 14.2 Å². The van der Waals surface area contributed by atoms with E-state index in [4.69, 9.17) is 9.47 Å². The zero-order chi connectivity index (χ0) is 16.8. The lowest BCUT2D eigenvalue weighted by Crippen LogP contribution is -2.28. The first-order chi connectivity index (χ1) is 11.1. The van der Waals surface area contributed by atoms with Crippen LogP contribution in [-0.4, -0.2) is 20.1 Å². The topological polar surface area (TPSA) is 47.6 Å². The molecule has 0 spiro atoms. The number of hydrogen-bond donors (Lipinski definition) is 1. The third kappa shape index (κ3) is 4.03. The smallest absolute Gasteiger partial charge is 0.225 e. The van der Waals surface area contributed by atoms with E-state index in [2.05, 4.69) is 5.32 Å². The highest BCUT2D eigenvalue weighted by atomic mass is 16.5. The summed E-state index contributed by atoms with van der Waals surface area (Å²) < 4.78 is 10.7. The van der Waals surface area contributed by atoms with Crippen LogP contribution < -0.4 is 14.8 Å². The zero-order valence-electron chi connectivity index (χ0n) is 14.1. The molecule has 4 heteroatoms. The SMILES string of the molecule is COc1ccc(CC(=O)NC(C)c2ccccc2)c(OC)c1C. The third-order valence-electron chi connectivity index (χ3n) is 3.89. The molecule has 2 aromatic carbocycles. The fraction of sp³-hybridized carbons (Fsp3) is 0.316. The second-order valence-electron chi connectivity index (χ2n) is 5.46. The van der Waals surface area contributed by atoms with E-state index in [0.29, 0.717) is 5.75 Å². The Labute approximate surface area is 137 Å². The molecule has 23 heavy (non-hydrogen) atoms. The lowest BCUT2D eigenvalue weighted by atomic mass is 10.0. The lowest BCUT2D eigenvalue weighted by molar-refractivity contribution is -0.121. The van der Waals surface area contributed by atoms with E-state index in [0.717, 1.165) is 22.4 Å². The molecule has 0 heterocycles. The Bertz CT molecular complexity index is 668. The van der Waals surface area contributed by atoms with Crippen molar-refractivity contribution in [1.82, 2.24) is 5.32 Å². The Morgan fingerprint density at radius 1 is 1.09 bits per heavy atom. The van der Waals surface area contributed by atoms with Gasteiger partial charge in [-0.25, -0.2) is 0 Å². The molecule has 2 aromatic rings. The molecule has 0 saturated heterocycles. The van der Waals surface area contributed by atoms with Crippen molar-refractivity contribution in [3.05, 3.63) is 59.2 Å². The number of ether oxygens (including phenoxy) is 2. The number of nitrogens with one attached hydrogen (secondary N) is 1. The number of hydrogen-bond acceptors (Lipinski definition) is 3. The van der Waals surface area contributed by atoms with Crippen molar-refractivity contribution in [3.63, 3.8) is 0 Å². The predicted molar refractivity (Wildman–Crippen MR) is 91.0 cm³/mol. The quantitative estimate of drug-likeness (QED) is 0.889. The first-order valence-corrected chi connectivity index (χ1v) is 7.61. The average molecular weight is 313 g/mol. The third-order valence-corrected chi connectivity index (χ3v) is 3.89. The highest BCUT2D eigenvalue weighted by Gasteiger charge is 2.15. The van der Waals surface area contributed by atoms with Crippen LogP contribution in [0.4, 0.5) is 0 Å². The van der Waals surface area contributed by atoms with Crippen molar-refractivity contribution < 1.29 is 14.3 Å². The van der Waals surface area contributed by atoms with Gasteiger partial charge in [0.15, 0.2) is 0 Å². The molecule has 0 bridgehead atoms. The maximum atomic E-state index is 12.3. The van der Waals surface area contributed by atoms with E-state index in [1.54, 1.807) is 14.2 Å². The summed E-state index contributed by atoms with van der Waals surface area (Å²) in [6, 6.07) is 13.6. The van der Waals surface area contributed by atoms with Crippen LogP contribution in [0, 0.1) is 6.92 Å². The van der Waals surface area contributed by atoms with Gasteiger partial charge < -0.3 is 14.8 Å². The van der Waals surface area contributed by atoms with Crippen molar-refractivity contribution in [3.8, 4) is 11.5 Å². The van der Waals surface area contributed by atoms with Gasteiger partial charge in [0.25, 0.3) is 0 Å². The summed E-state index contributed by atoms with van der Waals surface area (Å²) in [4.78, 5) is 12.3. The summed E-state index contributed by atoms with van der Waals surface area (Å²) in [6.45, 7) is 3.90. The molecular weight excluding hydrogens is 290 g/mol. The highest BCUT2D eigenvalue weighted by molar-refractivity contribution is 5.80. The van der Waals surface area contributed by atoms with Crippen molar-refractivity contribution in [2.24, 2.45) is 0 Å². The van der Waals surface area contributed by atoms with Crippen LogP contribution in [0.2, 0.25) is 0 Å². The molecule has 0 radical (unpaired) electrons. The van der Waals surface area contributed by atoms with E-state index in [9.17, 15) is 4.79 Å². The molecule has 0 aromatic heterocycles. The molecule has 1 atom stereocenters. The number of carbonyl (C=O) groups is 1. The van der Waals surface area contributed by atoms with Crippen LogP contribution in [0.15, 0.2) is 42.5 Å². The van der Waals surface area contributed by atoms with Gasteiger partial charge in [-0.1, -0.05) is 36.4 Å². The van der Waals surface area contributed by atoms with E-state index in [-0.39, 0.29) is 18.4 Å². The fourth-order valence-electron chi connectivity index (χ4n) is 2.66. The van der Waals surface area contributed by atoms with Crippen molar-refractivity contribution in [1.29, 1.82) is 0 Å². The van der Waals surface area contributed by atoms with Crippen molar-refractivity contribution >= 4 is 5.91 Å². The molecule has 0 fully saturated rings. The minimum absolute atomic E-state index is 0.0333. The Kier molecular flexibility index (Phi) is 5.63. The molecule has 1 N–H and O–H groups in total. The summed E-state index contributed by atoms with van der Waals surface area (Å²) >= 11 is 0. The number of amides is 1. The van der Waals surface area contributed by atoms with Gasteiger partial charge in [0.2, 0.25) is 5.91 Å². The first kappa shape index (κ1) is 16.9. The summed E-state index contributed by atoms with van der Waals surface area (Å²) in [6.07, 6.45) is 0.269. The second-order valence-corrected chi connectivity index (χ2v) is 5.46. The first-order valence-electron chi connectivity index (χ1n) is 7.61. The summed E-state index contributed by atoms with van der Waals surface area (Å²) in [5, 5.41) is 3.02. The largest absolute Gasteiger partial charge is 0.496 e. The number of carbonyl (C=O) groups excluding carboxylic acids is 1. The minimum Gasteiger partial charge on any atom is -0.496 e. The zero-order valence-corrected chi connectivity index (χ0v) is 14.1.